The molecule has 1 N–H and O–H groups in total. The maximum atomic E-state index is 12.9. The molecule has 0 saturated carbocycles. The zero-order chi connectivity index (χ0) is 18.4. The van der Waals surface area contributed by atoms with Crippen LogP contribution in [0.5, 0.6) is 5.75 Å². The molecular weight excluding hydrogens is 351 g/mol. The Kier molecular flexibility index (Phi) is 5.96. The number of nitrogens with one attached hydrogen (secondary N) is 1. The van der Waals surface area contributed by atoms with Crippen molar-refractivity contribution in [3.63, 3.8) is 0 Å². The van der Waals surface area contributed by atoms with Gasteiger partial charge in [-0.1, -0.05) is 24.3 Å². The number of rotatable bonds is 7. The minimum Gasteiger partial charge on any atom is -0.497 e. The first-order valence-corrected chi connectivity index (χ1v) is 9.12. The van der Waals surface area contributed by atoms with Crippen molar-refractivity contribution in [2.24, 2.45) is 0 Å². The Labute approximate surface area is 155 Å². The van der Waals surface area contributed by atoms with Gasteiger partial charge in [0, 0.05) is 23.9 Å². The molecule has 3 rings (SSSR count). The van der Waals surface area contributed by atoms with E-state index >= 15 is 0 Å². The first kappa shape index (κ1) is 18.1. The topological polar surface area (TPSA) is 51.2 Å². The summed E-state index contributed by atoms with van der Waals surface area (Å²) in [4.78, 5) is 16.6. The lowest BCUT2D eigenvalue weighted by molar-refractivity contribution is -0.120. The summed E-state index contributed by atoms with van der Waals surface area (Å²) < 4.78 is 18.1. The molecule has 0 spiro atoms. The van der Waals surface area contributed by atoms with Crippen molar-refractivity contribution in [3.8, 4) is 16.3 Å². The summed E-state index contributed by atoms with van der Waals surface area (Å²) in [5.41, 5.74) is 2.74. The van der Waals surface area contributed by atoms with Gasteiger partial charge >= 0.3 is 0 Å². The fourth-order valence-electron chi connectivity index (χ4n) is 2.49. The third kappa shape index (κ3) is 4.89. The second kappa shape index (κ2) is 8.58. The molecule has 0 unspecified atom stereocenters. The Balaban J connectivity index is 1.50. The highest BCUT2D eigenvalue weighted by molar-refractivity contribution is 7.13. The van der Waals surface area contributed by atoms with Crippen molar-refractivity contribution in [2.75, 3.05) is 13.7 Å². The molecule has 6 heteroatoms. The van der Waals surface area contributed by atoms with Crippen LogP contribution in [0.2, 0.25) is 0 Å². The number of thiazole rings is 1. The van der Waals surface area contributed by atoms with Gasteiger partial charge in [-0.05, 0) is 29.8 Å². The van der Waals surface area contributed by atoms with Crippen molar-refractivity contribution in [3.05, 3.63) is 71.0 Å². The summed E-state index contributed by atoms with van der Waals surface area (Å²) in [5.74, 6) is 0.414. The van der Waals surface area contributed by atoms with Crippen LogP contribution in [0.25, 0.3) is 10.6 Å². The summed E-state index contributed by atoms with van der Waals surface area (Å²) in [7, 11) is 1.64. The molecule has 134 valence electrons. The Morgan fingerprint density at radius 2 is 2.04 bits per heavy atom. The van der Waals surface area contributed by atoms with Crippen LogP contribution in [0.3, 0.4) is 0 Å². The molecule has 0 radical (unpaired) electrons. The largest absolute Gasteiger partial charge is 0.497 e. The van der Waals surface area contributed by atoms with E-state index < -0.39 is 0 Å². The van der Waals surface area contributed by atoms with Crippen LogP contribution >= 0.6 is 11.3 Å². The molecule has 0 aliphatic rings. The van der Waals surface area contributed by atoms with E-state index in [2.05, 4.69) is 10.3 Å². The third-order valence-electron chi connectivity index (χ3n) is 3.85. The van der Waals surface area contributed by atoms with E-state index in [0.717, 1.165) is 27.6 Å². The molecule has 0 aliphatic heterocycles. The molecule has 0 aliphatic carbocycles. The second-order valence-electron chi connectivity index (χ2n) is 5.78. The number of ether oxygens (including phenoxy) is 1. The molecule has 2 aromatic carbocycles. The average Bonchev–Trinajstić information content (AvgIpc) is 3.13. The third-order valence-corrected chi connectivity index (χ3v) is 4.79. The summed E-state index contributed by atoms with van der Waals surface area (Å²) in [6.07, 6.45) is 0.905. The van der Waals surface area contributed by atoms with Crippen LogP contribution in [-0.2, 0) is 17.6 Å². The lowest BCUT2D eigenvalue weighted by atomic mass is 10.1. The number of carbonyl (C=O) groups excluding carboxylic acids is 1. The highest BCUT2D eigenvalue weighted by atomic mass is 32.1. The fraction of sp³-hybridized carbons (Fsp3) is 0.200. The van der Waals surface area contributed by atoms with Crippen LogP contribution in [-0.4, -0.2) is 24.5 Å². The van der Waals surface area contributed by atoms with Gasteiger partial charge in [-0.25, -0.2) is 9.37 Å². The normalized spacial score (nSPS) is 10.5. The molecule has 3 aromatic rings. The maximum Gasteiger partial charge on any atom is 0.224 e. The number of halogens is 1. The predicted octanol–water partition coefficient (Wildman–Crippen LogP) is 3.86. The first-order chi connectivity index (χ1) is 12.6. The summed E-state index contributed by atoms with van der Waals surface area (Å²) in [5, 5.41) is 5.80. The standard InChI is InChI=1S/C20H19FN2O2S/c1-25-18-4-2-3-15(12-18)20-23-17(13-26-20)9-10-22-19(24)11-14-5-7-16(21)8-6-14/h2-8,12-13H,9-11H2,1H3,(H,22,24). The Morgan fingerprint density at radius 1 is 1.23 bits per heavy atom. The quantitative estimate of drug-likeness (QED) is 0.687. The Hall–Kier alpha value is -2.73. The molecule has 1 amide bonds. The fourth-order valence-corrected chi connectivity index (χ4v) is 3.34. The minimum atomic E-state index is -0.301. The summed E-state index contributed by atoms with van der Waals surface area (Å²) in [6.45, 7) is 0.515. The minimum absolute atomic E-state index is 0.0835. The zero-order valence-electron chi connectivity index (χ0n) is 14.4. The monoisotopic (exact) mass is 370 g/mol. The Bertz CT molecular complexity index is 878. The van der Waals surface area contributed by atoms with E-state index in [0.29, 0.717) is 13.0 Å². The zero-order valence-corrected chi connectivity index (χ0v) is 15.2. The van der Waals surface area contributed by atoms with Crippen molar-refractivity contribution < 1.29 is 13.9 Å². The van der Waals surface area contributed by atoms with Gasteiger partial charge < -0.3 is 10.1 Å². The second-order valence-corrected chi connectivity index (χ2v) is 6.64. The Morgan fingerprint density at radius 3 is 2.81 bits per heavy atom. The molecule has 4 nitrogen and oxygen atoms in total. The van der Waals surface area contributed by atoms with Crippen LogP contribution in [0.15, 0.2) is 53.9 Å². The number of amides is 1. The number of hydrogen-bond donors (Lipinski definition) is 1. The van der Waals surface area contributed by atoms with Crippen LogP contribution < -0.4 is 10.1 Å². The van der Waals surface area contributed by atoms with Crippen molar-refractivity contribution in [1.82, 2.24) is 10.3 Å². The van der Waals surface area contributed by atoms with E-state index in [4.69, 9.17) is 4.74 Å². The van der Waals surface area contributed by atoms with E-state index in [1.165, 1.54) is 12.1 Å². The number of aromatic nitrogens is 1. The van der Waals surface area contributed by atoms with Crippen LogP contribution in [0, 0.1) is 5.82 Å². The summed E-state index contributed by atoms with van der Waals surface area (Å²) in [6, 6.07) is 13.7. The highest BCUT2D eigenvalue weighted by Gasteiger charge is 2.07. The van der Waals surface area contributed by atoms with Gasteiger partial charge in [0.1, 0.15) is 16.6 Å². The van der Waals surface area contributed by atoms with Crippen LogP contribution in [0.1, 0.15) is 11.3 Å². The van der Waals surface area contributed by atoms with Gasteiger partial charge in [-0.3, -0.25) is 4.79 Å². The van der Waals surface area contributed by atoms with Gasteiger partial charge in [0.25, 0.3) is 0 Å². The SMILES string of the molecule is COc1cccc(-c2nc(CCNC(=O)Cc3ccc(F)cc3)cs2)c1. The van der Waals surface area contributed by atoms with Crippen molar-refractivity contribution in [1.29, 1.82) is 0 Å². The molecule has 26 heavy (non-hydrogen) atoms. The van der Waals surface area contributed by atoms with Crippen molar-refractivity contribution in [2.45, 2.75) is 12.8 Å². The number of hydrogen-bond acceptors (Lipinski definition) is 4. The number of nitrogens with zero attached hydrogens (tertiary/aromatic N) is 1. The van der Waals surface area contributed by atoms with Crippen molar-refractivity contribution >= 4 is 17.2 Å². The lowest BCUT2D eigenvalue weighted by Gasteiger charge is -2.04. The molecule has 0 atom stereocenters. The smallest absolute Gasteiger partial charge is 0.224 e. The molecule has 1 heterocycles. The lowest BCUT2D eigenvalue weighted by Crippen LogP contribution is -2.27. The highest BCUT2D eigenvalue weighted by Crippen LogP contribution is 2.26. The van der Waals surface area contributed by atoms with E-state index in [-0.39, 0.29) is 18.1 Å². The first-order valence-electron chi connectivity index (χ1n) is 8.24. The number of carbonyl (C=O) groups is 1. The molecule has 0 saturated heterocycles. The molecule has 0 bridgehead atoms. The number of benzene rings is 2. The van der Waals surface area contributed by atoms with E-state index in [9.17, 15) is 9.18 Å². The predicted molar refractivity (Wildman–Crippen MR) is 101 cm³/mol. The molecule has 0 fully saturated rings. The maximum absolute atomic E-state index is 12.9. The summed E-state index contributed by atoms with van der Waals surface area (Å²) >= 11 is 1.57. The molecule has 1 aromatic heterocycles. The van der Waals surface area contributed by atoms with E-state index in [1.807, 2.05) is 29.6 Å². The van der Waals surface area contributed by atoms with Gasteiger partial charge in [0.05, 0.1) is 19.2 Å². The van der Waals surface area contributed by atoms with Gasteiger partial charge in [0.15, 0.2) is 0 Å². The van der Waals surface area contributed by atoms with E-state index in [1.54, 1.807) is 30.6 Å². The van der Waals surface area contributed by atoms with Gasteiger partial charge in [-0.2, -0.15) is 0 Å². The van der Waals surface area contributed by atoms with Crippen LogP contribution in [0.4, 0.5) is 4.39 Å². The van der Waals surface area contributed by atoms with Gasteiger partial charge in [-0.15, -0.1) is 11.3 Å². The van der Waals surface area contributed by atoms with Gasteiger partial charge in [0.2, 0.25) is 5.91 Å². The number of methoxy groups -OCH3 is 1. The average molecular weight is 370 g/mol. The molecular formula is C20H19FN2O2S.